The molecule has 5 nitrogen and oxygen atoms in total. The van der Waals surface area contributed by atoms with Crippen LogP contribution in [-0.2, 0) is 14.3 Å². The van der Waals surface area contributed by atoms with Gasteiger partial charge in [0.25, 0.3) is 0 Å². The Bertz CT molecular complexity index is 403. The van der Waals surface area contributed by atoms with E-state index in [0.717, 1.165) is 25.7 Å². The van der Waals surface area contributed by atoms with Crippen molar-refractivity contribution in [2.24, 2.45) is 0 Å². The van der Waals surface area contributed by atoms with E-state index in [2.05, 4.69) is 18.8 Å². The smallest absolute Gasteiger partial charge is 0.408 e. The van der Waals surface area contributed by atoms with Gasteiger partial charge in [0.2, 0.25) is 0 Å². The molecule has 0 aliphatic heterocycles. The van der Waals surface area contributed by atoms with Crippen molar-refractivity contribution in [2.45, 2.75) is 89.5 Å². The Hall–Kier alpha value is -1.52. The van der Waals surface area contributed by atoms with Gasteiger partial charge < -0.3 is 14.8 Å². The molecular formula is C20H35NO4. The Morgan fingerprint density at radius 3 is 2.20 bits per heavy atom. The zero-order chi connectivity index (χ0) is 18.4. The molecule has 144 valence electrons. The van der Waals surface area contributed by atoms with E-state index in [1.165, 1.54) is 44.6 Å². The molecule has 1 aliphatic rings. The molecule has 0 heterocycles. The summed E-state index contributed by atoms with van der Waals surface area (Å²) in [6.07, 6.45) is 13.6. The zero-order valence-corrected chi connectivity index (χ0v) is 15.8. The number of nitrogens with one attached hydrogen (secondary N) is 1. The van der Waals surface area contributed by atoms with E-state index in [-0.39, 0.29) is 12.6 Å². The van der Waals surface area contributed by atoms with Gasteiger partial charge in [0.1, 0.15) is 12.1 Å². The minimum Gasteiger partial charge on any atom is -0.464 e. The summed E-state index contributed by atoms with van der Waals surface area (Å²) in [6, 6.07) is 0. The molecule has 1 saturated carbocycles. The van der Waals surface area contributed by atoms with E-state index >= 15 is 0 Å². The molecule has 25 heavy (non-hydrogen) atoms. The van der Waals surface area contributed by atoms with Crippen LogP contribution in [0.2, 0.25) is 0 Å². The van der Waals surface area contributed by atoms with Crippen LogP contribution >= 0.6 is 0 Å². The van der Waals surface area contributed by atoms with Gasteiger partial charge in [-0.1, -0.05) is 77.4 Å². The predicted molar refractivity (Wildman–Crippen MR) is 99.4 cm³/mol. The van der Waals surface area contributed by atoms with Crippen LogP contribution < -0.4 is 5.32 Å². The van der Waals surface area contributed by atoms with Crippen molar-refractivity contribution in [3.8, 4) is 0 Å². The van der Waals surface area contributed by atoms with Gasteiger partial charge >= 0.3 is 12.1 Å². The maximum absolute atomic E-state index is 12.5. The Balaban J connectivity index is 2.23. The fraction of sp³-hybridized carbons (Fsp3) is 0.800. The summed E-state index contributed by atoms with van der Waals surface area (Å²) >= 11 is 0. The molecule has 0 aromatic rings. The first-order chi connectivity index (χ1) is 12.1. The predicted octanol–water partition coefficient (Wildman–Crippen LogP) is 4.90. The molecule has 0 radical (unpaired) electrons. The average molecular weight is 354 g/mol. The number of rotatable bonds is 13. The van der Waals surface area contributed by atoms with Crippen molar-refractivity contribution in [2.75, 3.05) is 13.2 Å². The molecule has 1 amide bonds. The summed E-state index contributed by atoms with van der Waals surface area (Å²) in [7, 11) is 0. The van der Waals surface area contributed by atoms with Gasteiger partial charge in [0.05, 0.1) is 6.61 Å². The van der Waals surface area contributed by atoms with Crippen molar-refractivity contribution >= 4 is 12.1 Å². The number of carbonyl (C=O) groups is 2. The summed E-state index contributed by atoms with van der Waals surface area (Å²) in [5.74, 6) is -0.316. The summed E-state index contributed by atoms with van der Waals surface area (Å²) in [5.41, 5.74) is -0.904. The number of alkyl carbamates (subject to hydrolysis) is 1. The first-order valence-corrected chi connectivity index (χ1v) is 9.87. The summed E-state index contributed by atoms with van der Waals surface area (Å²) in [5, 5.41) is 2.72. The van der Waals surface area contributed by atoms with Gasteiger partial charge in [-0.2, -0.15) is 0 Å². The van der Waals surface area contributed by atoms with Gasteiger partial charge in [-0.15, -0.1) is 0 Å². The van der Waals surface area contributed by atoms with Crippen LogP contribution in [0.15, 0.2) is 12.7 Å². The molecule has 0 saturated heterocycles. The van der Waals surface area contributed by atoms with Crippen LogP contribution in [0.5, 0.6) is 0 Å². The monoisotopic (exact) mass is 353 g/mol. The molecule has 0 spiro atoms. The SMILES string of the molecule is C=CCOC(=O)NC1(C(=O)OCCCCCCCCCC)CCCC1. The first-order valence-electron chi connectivity index (χ1n) is 9.87. The second kappa shape index (κ2) is 12.8. The Morgan fingerprint density at radius 2 is 1.60 bits per heavy atom. The third kappa shape index (κ3) is 8.41. The number of ether oxygens (including phenoxy) is 2. The molecule has 0 atom stereocenters. The standard InChI is InChI=1S/C20H35NO4/c1-3-5-6-7-8-9-10-13-17-24-18(22)20(14-11-12-15-20)21-19(23)25-16-4-2/h4H,2-3,5-17H2,1H3,(H,21,23). The third-order valence-corrected chi connectivity index (χ3v) is 4.75. The lowest BCUT2D eigenvalue weighted by Gasteiger charge is -2.27. The maximum Gasteiger partial charge on any atom is 0.408 e. The quantitative estimate of drug-likeness (QED) is 0.291. The molecule has 1 N–H and O–H groups in total. The largest absolute Gasteiger partial charge is 0.464 e. The van der Waals surface area contributed by atoms with Crippen molar-refractivity contribution in [3.05, 3.63) is 12.7 Å². The van der Waals surface area contributed by atoms with E-state index in [4.69, 9.17) is 9.47 Å². The van der Waals surface area contributed by atoms with Crippen molar-refractivity contribution in [1.29, 1.82) is 0 Å². The van der Waals surface area contributed by atoms with E-state index in [1.54, 1.807) is 0 Å². The minimum absolute atomic E-state index is 0.134. The number of unbranched alkanes of at least 4 members (excludes halogenated alkanes) is 7. The topological polar surface area (TPSA) is 64.6 Å². The molecule has 0 bridgehead atoms. The summed E-state index contributed by atoms with van der Waals surface area (Å²) in [6.45, 7) is 6.29. The number of hydrogen-bond donors (Lipinski definition) is 1. The normalized spacial score (nSPS) is 15.6. The molecule has 0 aromatic heterocycles. The van der Waals surface area contributed by atoms with Crippen LogP contribution in [0, 0.1) is 0 Å². The maximum atomic E-state index is 12.5. The van der Waals surface area contributed by atoms with Gasteiger partial charge in [-0.25, -0.2) is 9.59 Å². The van der Waals surface area contributed by atoms with Gasteiger partial charge in [0.15, 0.2) is 0 Å². The van der Waals surface area contributed by atoms with Crippen LogP contribution in [-0.4, -0.2) is 30.8 Å². The molecule has 1 fully saturated rings. The second-order valence-electron chi connectivity index (χ2n) is 6.91. The van der Waals surface area contributed by atoms with Crippen LogP contribution in [0.3, 0.4) is 0 Å². The molecule has 0 unspecified atom stereocenters. The molecule has 5 heteroatoms. The zero-order valence-electron chi connectivity index (χ0n) is 15.8. The molecule has 1 aliphatic carbocycles. The highest BCUT2D eigenvalue weighted by molar-refractivity contribution is 5.86. The van der Waals surface area contributed by atoms with Gasteiger partial charge in [-0.05, 0) is 19.3 Å². The van der Waals surface area contributed by atoms with Gasteiger partial charge in [-0.3, -0.25) is 0 Å². The number of hydrogen-bond acceptors (Lipinski definition) is 4. The van der Waals surface area contributed by atoms with Crippen molar-refractivity contribution in [3.63, 3.8) is 0 Å². The van der Waals surface area contributed by atoms with Crippen molar-refractivity contribution in [1.82, 2.24) is 5.32 Å². The van der Waals surface area contributed by atoms with Crippen LogP contribution in [0.25, 0.3) is 0 Å². The highest BCUT2D eigenvalue weighted by atomic mass is 16.6. The molecular weight excluding hydrogens is 318 g/mol. The summed E-state index contributed by atoms with van der Waals surface area (Å²) < 4.78 is 10.4. The fourth-order valence-corrected chi connectivity index (χ4v) is 3.26. The third-order valence-electron chi connectivity index (χ3n) is 4.75. The summed E-state index contributed by atoms with van der Waals surface area (Å²) in [4.78, 5) is 24.3. The molecule has 1 rings (SSSR count). The number of esters is 1. The van der Waals surface area contributed by atoms with E-state index in [9.17, 15) is 9.59 Å². The average Bonchev–Trinajstić information content (AvgIpc) is 3.08. The van der Waals surface area contributed by atoms with Crippen LogP contribution in [0.4, 0.5) is 4.79 Å². The minimum atomic E-state index is -0.904. The molecule has 0 aromatic carbocycles. The first kappa shape index (κ1) is 21.5. The number of amides is 1. The lowest BCUT2D eigenvalue weighted by Crippen LogP contribution is -2.53. The highest BCUT2D eigenvalue weighted by Gasteiger charge is 2.44. The van der Waals surface area contributed by atoms with Gasteiger partial charge in [0, 0.05) is 0 Å². The van der Waals surface area contributed by atoms with E-state index in [1.807, 2.05) is 0 Å². The second-order valence-corrected chi connectivity index (χ2v) is 6.91. The Kier molecular flexibility index (Phi) is 11.0. The van der Waals surface area contributed by atoms with E-state index < -0.39 is 11.6 Å². The Morgan fingerprint density at radius 1 is 1.00 bits per heavy atom. The lowest BCUT2D eigenvalue weighted by atomic mass is 9.98. The lowest BCUT2D eigenvalue weighted by molar-refractivity contribution is -0.151. The Labute approximate surface area is 152 Å². The van der Waals surface area contributed by atoms with Crippen molar-refractivity contribution < 1.29 is 19.1 Å². The fourth-order valence-electron chi connectivity index (χ4n) is 3.26. The van der Waals surface area contributed by atoms with Crippen LogP contribution in [0.1, 0.15) is 84.0 Å². The number of carbonyl (C=O) groups excluding carboxylic acids is 2. The van der Waals surface area contributed by atoms with E-state index in [0.29, 0.717) is 19.4 Å². The highest BCUT2D eigenvalue weighted by Crippen LogP contribution is 2.31.